The molecule has 0 amide bonds. The van der Waals surface area contributed by atoms with Gasteiger partial charge in [0.25, 0.3) is 5.56 Å². The second-order valence-corrected chi connectivity index (χ2v) is 8.92. The van der Waals surface area contributed by atoms with Crippen LogP contribution in [0.2, 0.25) is 0 Å². The Morgan fingerprint density at radius 1 is 1.14 bits per heavy atom. The summed E-state index contributed by atoms with van der Waals surface area (Å²) in [4.78, 5) is 43.0. The number of nitrogens with two attached hydrogens (primary N) is 1. The number of fused-ring (bicyclic) bond motifs is 2. The fraction of sp³-hybridized carbons (Fsp3) is 0.423. The van der Waals surface area contributed by atoms with E-state index in [1.807, 2.05) is 31.2 Å². The minimum atomic E-state index is -0.468. The minimum absolute atomic E-state index is 0. The normalized spacial score (nSPS) is 15.6. The Labute approximate surface area is 209 Å². The summed E-state index contributed by atoms with van der Waals surface area (Å²) in [7, 11) is 1.63. The van der Waals surface area contributed by atoms with Crippen LogP contribution in [-0.2, 0) is 20.1 Å². The molecule has 1 saturated heterocycles. The van der Waals surface area contributed by atoms with Crippen LogP contribution in [-0.4, -0.2) is 47.8 Å². The molecule has 1 aliphatic heterocycles. The van der Waals surface area contributed by atoms with E-state index >= 15 is 0 Å². The lowest BCUT2D eigenvalue weighted by Crippen LogP contribution is -2.44. The van der Waals surface area contributed by atoms with Crippen molar-refractivity contribution in [3.05, 3.63) is 56.6 Å². The monoisotopic (exact) mass is 488 g/mol. The molecule has 0 spiro atoms. The highest BCUT2D eigenvalue weighted by Crippen LogP contribution is 2.23. The number of hydrogen-bond acceptors (Lipinski definition) is 7. The van der Waals surface area contributed by atoms with Crippen LogP contribution >= 0.6 is 0 Å². The SMILES string of the molecule is C.CC#CCn1c(N2CCCC(N)C2)nc2c1c(=O)n(Cc1nc(C)c3ccccc3n1)c(=O)n2C. The molecule has 10 heteroatoms. The van der Waals surface area contributed by atoms with Crippen molar-refractivity contribution in [2.45, 2.75) is 53.2 Å². The van der Waals surface area contributed by atoms with E-state index in [1.165, 1.54) is 9.13 Å². The number of para-hydroxylation sites is 1. The van der Waals surface area contributed by atoms with Crippen molar-refractivity contribution in [2.24, 2.45) is 12.8 Å². The van der Waals surface area contributed by atoms with Crippen molar-refractivity contribution >= 4 is 28.0 Å². The summed E-state index contributed by atoms with van der Waals surface area (Å²) in [5.74, 6) is 6.96. The Bertz CT molecular complexity index is 1620. The Kier molecular flexibility index (Phi) is 6.95. The first-order valence-corrected chi connectivity index (χ1v) is 11.7. The lowest BCUT2D eigenvalue weighted by molar-refractivity contribution is 0.496. The molecule has 188 valence electrons. The minimum Gasteiger partial charge on any atom is -0.341 e. The molecule has 4 heterocycles. The Balaban J connectivity index is 0.00000304. The van der Waals surface area contributed by atoms with Gasteiger partial charge in [-0.3, -0.25) is 18.5 Å². The van der Waals surface area contributed by atoms with Gasteiger partial charge in [-0.05, 0) is 32.8 Å². The maximum atomic E-state index is 13.7. The van der Waals surface area contributed by atoms with Crippen LogP contribution in [0, 0.1) is 18.8 Å². The molecular formula is C26H32N8O2. The van der Waals surface area contributed by atoms with Crippen molar-refractivity contribution < 1.29 is 0 Å². The molecule has 4 aromatic rings. The maximum absolute atomic E-state index is 13.7. The number of benzene rings is 1. The predicted octanol–water partition coefficient (Wildman–Crippen LogP) is 1.78. The first-order chi connectivity index (χ1) is 16.9. The van der Waals surface area contributed by atoms with E-state index < -0.39 is 11.2 Å². The van der Waals surface area contributed by atoms with Gasteiger partial charge in [0.2, 0.25) is 5.95 Å². The zero-order chi connectivity index (χ0) is 24.7. The molecule has 1 unspecified atom stereocenters. The second-order valence-electron chi connectivity index (χ2n) is 8.92. The molecule has 1 atom stereocenters. The molecule has 0 bridgehead atoms. The van der Waals surface area contributed by atoms with Gasteiger partial charge in [-0.2, -0.15) is 4.98 Å². The van der Waals surface area contributed by atoms with Gasteiger partial charge in [0.15, 0.2) is 11.2 Å². The fourth-order valence-electron chi connectivity index (χ4n) is 4.75. The molecule has 0 aliphatic carbocycles. The van der Waals surface area contributed by atoms with Crippen LogP contribution in [0.1, 0.15) is 38.7 Å². The number of piperidine rings is 1. The number of rotatable bonds is 4. The number of hydrogen-bond donors (Lipinski definition) is 1. The van der Waals surface area contributed by atoms with E-state index in [1.54, 1.807) is 18.5 Å². The summed E-state index contributed by atoms with van der Waals surface area (Å²) in [6.45, 7) is 5.31. The van der Waals surface area contributed by atoms with E-state index in [0.717, 1.165) is 36.0 Å². The molecule has 36 heavy (non-hydrogen) atoms. The topological polar surface area (TPSA) is 117 Å². The van der Waals surface area contributed by atoms with E-state index in [9.17, 15) is 9.59 Å². The van der Waals surface area contributed by atoms with Gasteiger partial charge in [0, 0.05) is 37.3 Å². The average molecular weight is 489 g/mol. The largest absolute Gasteiger partial charge is 0.341 e. The van der Waals surface area contributed by atoms with Crippen molar-refractivity contribution in [1.82, 2.24) is 28.7 Å². The number of aromatic nitrogens is 6. The third-order valence-corrected chi connectivity index (χ3v) is 6.51. The van der Waals surface area contributed by atoms with Gasteiger partial charge in [-0.1, -0.05) is 31.5 Å². The van der Waals surface area contributed by atoms with Gasteiger partial charge in [0.1, 0.15) is 5.82 Å². The predicted molar refractivity (Wildman–Crippen MR) is 142 cm³/mol. The molecular weight excluding hydrogens is 456 g/mol. The molecule has 2 N–H and O–H groups in total. The summed E-state index contributed by atoms with van der Waals surface area (Å²) < 4.78 is 4.39. The Morgan fingerprint density at radius 2 is 1.92 bits per heavy atom. The van der Waals surface area contributed by atoms with Crippen LogP contribution in [0.25, 0.3) is 22.1 Å². The standard InChI is InChI=1S/C25H28N8O2.CH4/c1-4-5-13-32-21-22(29-24(32)31-12-8-9-17(26)14-31)30(3)25(35)33(23(21)34)15-20-27-16(2)18-10-6-7-11-19(18)28-20;/h6-7,10-11,17H,8-9,12-15,26H2,1-3H3;1H4. The molecule has 5 rings (SSSR count). The average Bonchev–Trinajstić information content (AvgIpc) is 3.24. The van der Waals surface area contributed by atoms with Crippen LogP contribution < -0.4 is 21.9 Å². The molecule has 0 radical (unpaired) electrons. The molecule has 3 aromatic heterocycles. The van der Waals surface area contributed by atoms with Crippen molar-refractivity contribution in [2.75, 3.05) is 18.0 Å². The van der Waals surface area contributed by atoms with Crippen molar-refractivity contribution in [1.29, 1.82) is 0 Å². The second kappa shape index (κ2) is 9.95. The number of aryl methyl sites for hydroxylation is 2. The van der Waals surface area contributed by atoms with Crippen LogP contribution in [0.5, 0.6) is 0 Å². The number of anilines is 1. The molecule has 1 aromatic carbocycles. The third-order valence-electron chi connectivity index (χ3n) is 6.51. The summed E-state index contributed by atoms with van der Waals surface area (Å²) >= 11 is 0. The quantitative estimate of drug-likeness (QED) is 0.435. The number of imidazole rings is 1. The smallest absolute Gasteiger partial charge is 0.332 e. The zero-order valence-electron chi connectivity index (χ0n) is 20.2. The summed E-state index contributed by atoms with van der Waals surface area (Å²) in [5.41, 5.74) is 7.54. The lowest BCUT2D eigenvalue weighted by Gasteiger charge is -2.31. The summed E-state index contributed by atoms with van der Waals surface area (Å²) in [5, 5.41) is 0.938. The van der Waals surface area contributed by atoms with E-state index in [-0.39, 0.29) is 26.6 Å². The van der Waals surface area contributed by atoms with Gasteiger partial charge < -0.3 is 10.6 Å². The van der Waals surface area contributed by atoms with Gasteiger partial charge >= 0.3 is 5.69 Å². The van der Waals surface area contributed by atoms with Gasteiger partial charge in [-0.25, -0.2) is 14.8 Å². The van der Waals surface area contributed by atoms with Crippen LogP contribution in [0.15, 0.2) is 33.9 Å². The highest BCUT2D eigenvalue weighted by atomic mass is 16.2. The maximum Gasteiger partial charge on any atom is 0.332 e. The highest BCUT2D eigenvalue weighted by molar-refractivity contribution is 5.80. The molecule has 1 aliphatic rings. The first-order valence-electron chi connectivity index (χ1n) is 11.7. The van der Waals surface area contributed by atoms with E-state index in [4.69, 9.17) is 10.7 Å². The Morgan fingerprint density at radius 3 is 2.67 bits per heavy atom. The Hall–Kier alpha value is -3.97. The van der Waals surface area contributed by atoms with Crippen molar-refractivity contribution in [3.63, 3.8) is 0 Å². The van der Waals surface area contributed by atoms with E-state index in [2.05, 4.69) is 26.7 Å². The molecule has 1 fully saturated rings. The zero-order valence-corrected chi connectivity index (χ0v) is 20.2. The summed E-state index contributed by atoms with van der Waals surface area (Å²) in [6, 6.07) is 7.71. The first kappa shape index (κ1) is 25.1. The van der Waals surface area contributed by atoms with Gasteiger partial charge in [0.05, 0.1) is 18.6 Å². The van der Waals surface area contributed by atoms with Gasteiger partial charge in [-0.15, -0.1) is 5.92 Å². The highest BCUT2D eigenvalue weighted by Gasteiger charge is 2.26. The molecule has 0 saturated carbocycles. The number of nitrogens with zero attached hydrogens (tertiary/aromatic N) is 7. The van der Waals surface area contributed by atoms with Crippen molar-refractivity contribution in [3.8, 4) is 11.8 Å². The van der Waals surface area contributed by atoms with E-state index in [0.29, 0.717) is 29.5 Å². The molecule has 10 nitrogen and oxygen atoms in total. The third kappa shape index (κ3) is 4.27. The van der Waals surface area contributed by atoms with Crippen LogP contribution in [0.3, 0.4) is 0 Å². The fourth-order valence-corrected chi connectivity index (χ4v) is 4.75. The summed E-state index contributed by atoms with van der Waals surface area (Å²) in [6.07, 6.45) is 1.88. The van der Waals surface area contributed by atoms with Crippen LogP contribution in [0.4, 0.5) is 5.95 Å². The lowest BCUT2D eigenvalue weighted by atomic mass is 10.1.